The van der Waals surface area contributed by atoms with E-state index in [1.165, 1.54) is 11.6 Å². The van der Waals surface area contributed by atoms with E-state index in [1.807, 2.05) is 13.0 Å². The van der Waals surface area contributed by atoms with E-state index in [1.54, 1.807) is 0 Å². The first-order chi connectivity index (χ1) is 6.66. The molecule has 76 valence electrons. The van der Waals surface area contributed by atoms with Gasteiger partial charge in [-0.15, -0.1) is 0 Å². The Balaban J connectivity index is 2.10. The molecule has 2 atom stereocenters. The Morgan fingerprint density at radius 2 is 2.36 bits per heavy atom. The Morgan fingerprint density at radius 3 is 2.86 bits per heavy atom. The van der Waals surface area contributed by atoms with E-state index in [4.69, 9.17) is 4.74 Å². The van der Waals surface area contributed by atoms with E-state index in [-0.39, 0.29) is 6.10 Å². The minimum Gasteiger partial charge on any atom is -0.429 e. The largest absolute Gasteiger partial charge is 0.429 e. The zero-order valence-electron chi connectivity index (χ0n) is 7.90. The summed E-state index contributed by atoms with van der Waals surface area (Å²) < 4.78 is 10.0. The number of aliphatic hydroxyl groups is 1. The molecular weight excluding hydrogens is 184 g/mol. The van der Waals surface area contributed by atoms with Gasteiger partial charge in [0, 0.05) is 11.6 Å². The molecule has 0 aromatic rings. The van der Waals surface area contributed by atoms with Gasteiger partial charge >= 0.3 is 5.97 Å². The van der Waals surface area contributed by atoms with E-state index in [2.05, 4.69) is 4.74 Å². The molecule has 2 heterocycles. The van der Waals surface area contributed by atoms with Crippen LogP contribution in [0.5, 0.6) is 0 Å². The highest BCUT2D eigenvalue weighted by molar-refractivity contribution is 5.85. The summed E-state index contributed by atoms with van der Waals surface area (Å²) in [6, 6.07) is 0. The molecular formula is C10H12O4. The van der Waals surface area contributed by atoms with Crippen LogP contribution < -0.4 is 0 Å². The Hall–Kier alpha value is -1.13. The Labute approximate surface area is 81.8 Å². The molecule has 4 nitrogen and oxygen atoms in total. The minimum atomic E-state index is -1.13. The highest BCUT2D eigenvalue weighted by Crippen LogP contribution is 2.25. The highest BCUT2D eigenvalue weighted by atomic mass is 16.6. The number of cyclic esters (lactones) is 1. The summed E-state index contributed by atoms with van der Waals surface area (Å²) in [5.74, 6) is -0.498. The lowest BCUT2D eigenvalue weighted by atomic mass is 10.0. The SMILES string of the molecule is CC1=CC[C@H](C2=CC(=O)OC2O)OC1. The van der Waals surface area contributed by atoms with Crippen molar-refractivity contribution in [1.82, 2.24) is 0 Å². The maximum atomic E-state index is 10.8. The van der Waals surface area contributed by atoms with E-state index >= 15 is 0 Å². The van der Waals surface area contributed by atoms with Crippen molar-refractivity contribution in [3.05, 3.63) is 23.3 Å². The second-order valence-electron chi connectivity index (χ2n) is 3.52. The fourth-order valence-electron chi connectivity index (χ4n) is 1.57. The van der Waals surface area contributed by atoms with E-state index in [0.29, 0.717) is 18.6 Å². The number of esters is 1. The molecule has 0 aromatic heterocycles. The van der Waals surface area contributed by atoms with Crippen molar-refractivity contribution in [1.29, 1.82) is 0 Å². The first-order valence-electron chi connectivity index (χ1n) is 4.54. The molecule has 0 saturated heterocycles. The number of hydrogen-bond acceptors (Lipinski definition) is 4. The fraction of sp³-hybridized carbons (Fsp3) is 0.500. The summed E-state index contributed by atoms with van der Waals surface area (Å²) in [6.07, 6.45) is 2.69. The molecule has 0 aliphatic carbocycles. The monoisotopic (exact) mass is 196 g/mol. The van der Waals surface area contributed by atoms with Crippen molar-refractivity contribution in [2.45, 2.75) is 25.7 Å². The van der Waals surface area contributed by atoms with Crippen molar-refractivity contribution in [2.75, 3.05) is 6.61 Å². The molecule has 4 heteroatoms. The average molecular weight is 196 g/mol. The van der Waals surface area contributed by atoms with Gasteiger partial charge in [0.25, 0.3) is 0 Å². The Morgan fingerprint density at radius 1 is 1.57 bits per heavy atom. The second-order valence-corrected chi connectivity index (χ2v) is 3.52. The van der Waals surface area contributed by atoms with Crippen LogP contribution in [0.3, 0.4) is 0 Å². The number of rotatable bonds is 1. The van der Waals surface area contributed by atoms with Crippen LogP contribution in [0.25, 0.3) is 0 Å². The van der Waals surface area contributed by atoms with Crippen LogP contribution in [0.1, 0.15) is 13.3 Å². The first kappa shape index (κ1) is 9.43. The van der Waals surface area contributed by atoms with Gasteiger partial charge in [0.15, 0.2) is 0 Å². The molecule has 0 spiro atoms. The zero-order valence-corrected chi connectivity index (χ0v) is 7.90. The topological polar surface area (TPSA) is 55.8 Å². The van der Waals surface area contributed by atoms with Crippen LogP contribution in [-0.4, -0.2) is 30.1 Å². The van der Waals surface area contributed by atoms with Gasteiger partial charge in [-0.2, -0.15) is 0 Å². The minimum absolute atomic E-state index is 0.222. The maximum absolute atomic E-state index is 10.8. The molecule has 2 aliphatic rings. The zero-order chi connectivity index (χ0) is 10.1. The maximum Gasteiger partial charge on any atom is 0.333 e. The van der Waals surface area contributed by atoms with Gasteiger partial charge < -0.3 is 14.6 Å². The van der Waals surface area contributed by atoms with E-state index < -0.39 is 12.3 Å². The van der Waals surface area contributed by atoms with Crippen molar-refractivity contribution >= 4 is 5.97 Å². The smallest absolute Gasteiger partial charge is 0.333 e. The van der Waals surface area contributed by atoms with Gasteiger partial charge in [0.2, 0.25) is 6.29 Å². The van der Waals surface area contributed by atoms with Gasteiger partial charge in [0.05, 0.1) is 12.7 Å². The van der Waals surface area contributed by atoms with Crippen LogP contribution in [0.15, 0.2) is 23.3 Å². The normalized spacial score (nSPS) is 32.3. The summed E-state index contributed by atoms with van der Waals surface area (Å²) in [4.78, 5) is 10.8. The van der Waals surface area contributed by atoms with Crippen LogP contribution >= 0.6 is 0 Å². The van der Waals surface area contributed by atoms with Gasteiger partial charge in [0.1, 0.15) is 0 Å². The summed E-state index contributed by atoms with van der Waals surface area (Å²) in [5, 5.41) is 9.37. The molecule has 0 fully saturated rings. The molecule has 2 rings (SSSR count). The summed E-state index contributed by atoms with van der Waals surface area (Å²) in [6.45, 7) is 2.53. The van der Waals surface area contributed by atoms with Crippen LogP contribution in [0.2, 0.25) is 0 Å². The van der Waals surface area contributed by atoms with Crippen LogP contribution in [0, 0.1) is 0 Å². The average Bonchev–Trinajstić information content (AvgIpc) is 2.47. The summed E-state index contributed by atoms with van der Waals surface area (Å²) >= 11 is 0. The van der Waals surface area contributed by atoms with Gasteiger partial charge in [-0.05, 0) is 13.3 Å². The molecule has 0 radical (unpaired) electrons. The third-order valence-corrected chi connectivity index (χ3v) is 2.36. The standard InChI is InChI=1S/C10H12O4/c1-6-2-3-8(13-5-6)7-4-9(11)14-10(7)12/h2,4,8,10,12H,3,5H2,1H3/t8-,10?/m1/s1. The van der Waals surface area contributed by atoms with Gasteiger partial charge in [-0.3, -0.25) is 0 Å². The highest BCUT2D eigenvalue weighted by Gasteiger charge is 2.31. The molecule has 0 aromatic carbocycles. The number of ether oxygens (including phenoxy) is 2. The Bertz CT molecular complexity index is 316. The third-order valence-electron chi connectivity index (χ3n) is 2.36. The quantitative estimate of drug-likeness (QED) is 0.490. The van der Waals surface area contributed by atoms with Gasteiger partial charge in [-0.25, -0.2) is 4.79 Å². The fourth-order valence-corrected chi connectivity index (χ4v) is 1.57. The van der Waals surface area contributed by atoms with Crippen molar-refractivity contribution in [3.8, 4) is 0 Å². The first-order valence-corrected chi connectivity index (χ1v) is 4.54. The van der Waals surface area contributed by atoms with E-state index in [0.717, 1.165) is 0 Å². The number of carbonyl (C=O) groups is 1. The Kier molecular flexibility index (Phi) is 2.39. The van der Waals surface area contributed by atoms with Crippen LogP contribution in [-0.2, 0) is 14.3 Å². The second kappa shape index (κ2) is 3.55. The molecule has 1 unspecified atom stereocenters. The van der Waals surface area contributed by atoms with E-state index in [9.17, 15) is 9.90 Å². The number of hydrogen-bond donors (Lipinski definition) is 1. The number of aliphatic hydroxyl groups excluding tert-OH is 1. The number of carbonyl (C=O) groups excluding carboxylic acids is 1. The molecule has 1 N–H and O–H groups in total. The predicted octanol–water partition coefficient (Wildman–Crippen LogP) is 0.523. The summed E-state index contributed by atoms with van der Waals surface area (Å²) in [7, 11) is 0. The lowest BCUT2D eigenvalue weighted by Gasteiger charge is -2.23. The molecule has 2 aliphatic heterocycles. The van der Waals surface area contributed by atoms with Crippen molar-refractivity contribution < 1.29 is 19.4 Å². The molecule has 0 amide bonds. The molecule has 14 heavy (non-hydrogen) atoms. The third kappa shape index (κ3) is 1.71. The van der Waals surface area contributed by atoms with Gasteiger partial charge in [-0.1, -0.05) is 11.6 Å². The molecule has 0 bridgehead atoms. The predicted molar refractivity (Wildman–Crippen MR) is 48.3 cm³/mol. The lowest BCUT2D eigenvalue weighted by Crippen LogP contribution is -2.26. The lowest BCUT2D eigenvalue weighted by molar-refractivity contribution is -0.152. The van der Waals surface area contributed by atoms with Crippen molar-refractivity contribution in [3.63, 3.8) is 0 Å². The summed E-state index contributed by atoms with van der Waals surface area (Å²) in [5.41, 5.74) is 1.69. The van der Waals surface area contributed by atoms with Crippen molar-refractivity contribution in [2.24, 2.45) is 0 Å². The molecule has 0 saturated carbocycles. The van der Waals surface area contributed by atoms with Crippen LogP contribution in [0.4, 0.5) is 0 Å².